The topological polar surface area (TPSA) is 70.2 Å². The summed E-state index contributed by atoms with van der Waals surface area (Å²) in [6.07, 6.45) is 1.57. The Balaban J connectivity index is 1.68. The molecule has 21 heavy (non-hydrogen) atoms. The number of carbonyl (C=O) groups is 1. The number of hydrogen-bond acceptors (Lipinski definition) is 5. The van der Waals surface area contributed by atoms with Crippen LogP contribution in [0.15, 0.2) is 59.2 Å². The van der Waals surface area contributed by atoms with Gasteiger partial charge in [0.15, 0.2) is 0 Å². The highest BCUT2D eigenvalue weighted by atomic mass is 16.7. The number of benzene rings is 2. The minimum atomic E-state index is -0.524. The molecule has 4 aromatic rings. The number of para-hydroxylation sites is 1. The number of nitrogens with zero attached hydrogens (tertiary/aromatic N) is 3. The van der Waals surface area contributed by atoms with Crippen LogP contribution in [-0.4, -0.2) is 21.1 Å². The van der Waals surface area contributed by atoms with E-state index in [-0.39, 0.29) is 0 Å². The molecule has 0 unspecified atom stereocenters. The van der Waals surface area contributed by atoms with E-state index in [1.54, 1.807) is 36.6 Å². The van der Waals surface area contributed by atoms with Gasteiger partial charge in [-0.05, 0) is 35.5 Å². The van der Waals surface area contributed by atoms with Gasteiger partial charge in [0, 0.05) is 5.39 Å². The standard InChI is InChI=1S/C15H9N3O3/c19-15(11-6-5-10-7-8-20-14(10)9-11)21-18-13-4-2-1-3-12(13)16-17-18/h1-9H. The van der Waals surface area contributed by atoms with E-state index in [2.05, 4.69) is 10.3 Å². The molecule has 6 heteroatoms. The Labute approximate surface area is 118 Å². The molecule has 4 rings (SSSR count). The smallest absolute Gasteiger partial charge is 0.365 e. The van der Waals surface area contributed by atoms with E-state index in [0.717, 1.165) is 10.2 Å². The zero-order chi connectivity index (χ0) is 14.2. The zero-order valence-electron chi connectivity index (χ0n) is 10.8. The van der Waals surface area contributed by atoms with Gasteiger partial charge in [0.05, 0.1) is 11.8 Å². The molecule has 0 N–H and O–H groups in total. The van der Waals surface area contributed by atoms with Crippen molar-refractivity contribution in [2.45, 2.75) is 0 Å². The van der Waals surface area contributed by atoms with Crippen molar-refractivity contribution >= 4 is 28.0 Å². The van der Waals surface area contributed by atoms with E-state index >= 15 is 0 Å². The van der Waals surface area contributed by atoms with E-state index in [1.165, 1.54) is 0 Å². The summed E-state index contributed by atoms with van der Waals surface area (Å²) < 4.78 is 5.27. The molecule has 0 amide bonds. The van der Waals surface area contributed by atoms with Crippen molar-refractivity contribution in [1.82, 2.24) is 15.2 Å². The molecule has 0 spiro atoms. The summed E-state index contributed by atoms with van der Waals surface area (Å²) in [6.45, 7) is 0. The second-order valence-electron chi connectivity index (χ2n) is 4.50. The predicted molar refractivity (Wildman–Crippen MR) is 74.7 cm³/mol. The fraction of sp³-hybridized carbons (Fsp3) is 0. The van der Waals surface area contributed by atoms with Gasteiger partial charge in [-0.3, -0.25) is 0 Å². The number of aromatic nitrogens is 3. The molecule has 6 nitrogen and oxygen atoms in total. The van der Waals surface area contributed by atoms with Gasteiger partial charge in [-0.2, -0.15) is 0 Å². The quantitative estimate of drug-likeness (QED) is 0.527. The Kier molecular flexibility index (Phi) is 2.47. The summed E-state index contributed by atoms with van der Waals surface area (Å²) in [7, 11) is 0. The lowest BCUT2D eigenvalue weighted by Crippen LogP contribution is -2.20. The minimum Gasteiger partial charge on any atom is -0.464 e. The first-order valence-electron chi connectivity index (χ1n) is 6.32. The number of furan rings is 1. The largest absolute Gasteiger partial charge is 0.464 e. The van der Waals surface area contributed by atoms with Crippen LogP contribution in [0.3, 0.4) is 0 Å². The molecule has 102 valence electrons. The first kappa shape index (κ1) is 11.7. The summed E-state index contributed by atoms with van der Waals surface area (Å²) >= 11 is 0. The number of hydrogen-bond donors (Lipinski definition) is 0. The van der Waals surface area contributed by atoms with E-state index < -0.39 is 5.97 Å². The molecule has 0 atom stereocenters. The SMILES string of the molecule is O=C(On1nnc2ccccc21)c1ccc2ccoc2c1. The van der Waals surface area contributed by atoms with Crippen molar-refractivity contribution in [2.75, 3.05) is 0 Å². The van der Waals surface area contributed by atoms with E-state index in [4.69, 9.17) is 9.25 Å². The first-order chi connectivity index (χ1) is 10.3. The van der Waals surface area contributed by atoms with Gasteiger partial charge in [0.25, 0.3) is 0 Å². The molecule has 0 aliphatic carbocycles. The predicted octanol–water partition coefficient (Wildman–Crippen LogP) is 2.45. The maximum atomic E-state index is 12.2. The third kappa shape index (κ3) is 1.93. The molecule has 2 heterocycles. The van der Waals surface area contributed by atoms with Crippen molar-refractivity contribution in [3.05, 3.63) is 60.4 Å². The van der Waals surface area contributed by atoms with Gasteiger partial charge in [-0.15, -0.1) is 5.10 Å². The lowest BCUT2D eigenvalue weighted by Gasteiger charge is -2.03. The second kappa shape index (κ2) is 4.45. The van der Waals surface area contributed by atoms with Gasteiger partial charge >= 0.3 is 5.97 Å². The van der Waals surface area contributed by atoms with Crippen LogP contribution in [0, 0.1) is 0 Å². The van der Waals surface area contributed by atoms with Crippen molar-refractivity contribution in [3.8, 4) is 0 Å². The molecule has 0 saturated carbocycles. The lowest BCUT2D eigenvalue weighted by atomic mass is 10.2. The molecule has 2 aromatic heterocycles. The zero-order valence-corrected chi connectivity index (χ0v) is 10.8. The normalized spacial score (nSPS) is 11.0. The van der Waals surface area contributed by atoms with Crippen LogP contribution >= 0.6 is 0 Å². The Hall–Kier alpha value is -3.15. The molecule has 0 radical (unpaired) electrons. The highest BCUT2D eigenvalue weighted by molar-refractivity contribution is 5.94. The third-order valence-corrected chi connectivity index (χ3v) is 3.18. The average Bonchev–Trinajstić information content (AvgIpc) is 3.13. The average molecular weight is 279 g/mol. The number of rotatable bonds is 2. The van der Waals surface area contributed by atoms with Crippen LogP contribution < -0.4 is 4.84 Å². The fourth-order valence-corrected chi connectivity index (χ4v) is 2.13. The molecule has 2 aromatic carbocycles. The van der Waals surface area contributed by atoms with Crippen LogP contribution in [0.2, 0.25) is 0 Å². The Bertz CT molecular complexity index is 955. The number of carbonyl (C=O) groups excluding carboxylic acids is 1. The minimum absolute atomic E-state index is 0.386. The molecule has 0 aliphatic rings. The molecule has 0 fully saturated rings. The third-order valence-electron chi connectivity index (χ3n) is 3.18. The summed E-state index contributed by atoms with van der Waals surface area (Å²) in [6, 6.07) is 14.2. The Morgan fingerprint density at radius 2 is 2.05 bits per heavy atom. The maximum Gasteiger partial charge on any atom is 0.365 e. The van der Waals surface area contributed by atoms with E-state index in [1.807, 2.05) is 18.2 Å². The van der Waals surface area contributed by atoms with Crippen LogP contribution in [-0.2, 0) is 0 Å². The van der Waals surface area contributed by atoms with Crippen molar-refractivity contribution < 1.29 is 14.0 Å². The Morgan fingerprint density at radius 1 is 1.14 bits per heavy atom. The van der Waals surface area contributed by atoms with Gasteiger partial charge in [-0.25, -0.2) is 4.79 Å². The van der Waals surface area contributed by atoms with Gasteiger partial charge in [0.1, 0.15) is 16.6 Å². The molecule has 0 saturated heterocycles. The van der Waals surface area contributed by atoms with Crippen LogP contribution in [0.25, 0.3) is 22.0 Å². The highest BCUT2D eigenvalue weighted by Crippen LogP contribution is 2.17. The molecular weight excluding hydrogens is 270 g/mol. The number of fused-ring (bicyclic) bond motifs is 2. The van der Waals surface area contributed by atoms with Crippen LogP contribution in [0.1, 0.15) is 10.4 Å². The van der Waals surface area contributed by atoms with Crippen molar-refractivity contribution in [3.63, 3.8) is 0 Å². The monoisotopic (exact) mass is 279 g/mol. The lowest BCUT2D eigenvalue weighted by molar-refractivity contribution is 0.0409. The molecule has 0 bridgehead atoms. The van der Waals surface area contributed by atoms with Crippen molar-refractivity contribution in [1.29, 1.82) is 0 Å². The summed E-state index contributed by atoms with van der Waals surface area (Å²) in [5.41, 5.74) is 2.31. The molecule has 0 aliphatic heterocycles. The van der Waals surface area contributed by atoms with Gasteiger partial charge < -0.3 is 9.25 Å². The molecular formula is C15H9N3O3. The highest BCUT2D eigenvalue weighted by Gasteiger charge is 2.13. The first-order valence-corrected chi connectivity index (χ1v) is 6.32. The summed E-state index contributed by atoms with van der Waals surface area (Å²) in [5.74, 6) is -0.524. The van der Waals surface area contributed by atoms with Crippen LogP contribution in [0.5, 0.6) is 0 Å². The Morgan fingerprint density at radius 3 is 3.00 bits per heavy atom. The fourth-order valence-electron chi connectivity index (χ4n) is 2.13. The summed E-state index contributed by atoms with van der Waals surface area (Å²) in [5, 5.41) is 8.67. The van der Waals surface area contributed by atoms with E-state index in [9.17, 15) is 4.79 Å². The van der Waals surface area contributed by atoms with Crippen LogP contribution in [0.4, 0.5) is 0 Å². The second-order valence-corrected chi connectivity index (χ2v) is 4.50. The van der Waals surface area contributed by atoms with Gasteiger partial charge in [-0.1, -0.05) is 23.0 Å². The van der Waals surface area contributed by atoms with Gasteiger partial charge in [0.2, 0.25) is 0 Å². The maximum absolute atomic E-state index is 12.2. The van der Waals surface area contributed by atoms with Crippen molar-refractivity contribution in [2.24, 2.45) is 0 Å². The van der Waals surface area contributed by atoms with E-state index in [0.29, 0.717) is 22.2 Å². The summed E-state index contributed by atoms with van der Waals surface area (Å²) in [4.78, 5) is 18.5.